The smallest absolute Gasteiger partial charge is 0.231 e. The largest absolute Gasteiger partial charge is 0.508 e. The zero-order chi connectivity index (χ0) is 29.3. The third kappa shape index (κ3) is 4.20. The van der Waals surface area contributed by atoms with Gasteiger partial charge in [0.2, 0.25) is 5.43 Å². The summed E-state index contributed by atoms with van der Waals surface area (Å²) in [5.41, 5.74) is -0.578. The van der Waals surface area contributed by atoms with Crippen LogP contribution in [-0.2, 0) is 12.8 Å². The number of phenolic OH excluding ortho intramolecular Hbond substituents is 6. The molecule has 0 spiro atoms. The molecule has 6 rings (SSSR count). The fourth-order valence-electron chi connectivity index (χ4n) is 5.52. The number of phenols is 6. The summed E-state index contributed by atoms with van der Waals surface area (Å²) in [4.78, 5) is 13.2. The van der Waals surface area contributed by atoms with Gasteiger partial charge in [-0.2, -0.15) is 0 Å². The predicted octanol–water partition coefficient (Wildman–Crippen LogP) is 2.21. The number of rotatable bonds is 2. The van der Waals surface area contributed by atoms with Crippen LogP contribution in [0, 0.1) is 0 Å². The summed E-state index contributed by atoms with van der Waals surface area (Å²) in [6, 6.07) is 8.05. The molecule has 0 bridgehead atoms. The maximum absolute atomic E-state index is 13.2. The van der Waals surface area contributed by atoms with E-state index in [2.05, 4.69) is 0 Å². The Balaban J connectivity index is 1.56. The van der Waals surface area contributed by atoms with Crippen molar-refractivity contribution in [1.29, 1.82) is 0 Å². The molecule has 41 heavy (non-hydrogen) atoms. The first-order valence-electron chi connectivity index (χ1n) is 12.5. The Hall–Kier alpha value is -5.07. The second-order valence-corrected chi connectivity index (χ2v) is 10.1. The van der Waals surface area contributed by atoms with Gasteiger partial charge in [-0.3, -0.25) is 4.79 Å². The summed E-state index contributed by atoms with van der Waals surface area (Å²) in [6.07, 6.45) is -5.40. The Bertz CT molecular complexity index is 1800. The van der Waals surface area contributed by atoms with Gasteiger partial charge in [-0.05, 0) is 29.1 Å². The third-order valence-electron chi connectivity index (χ3n) is 7.43. The van der Waals surface area contributed by atoms with Crippen molar-refractivity contribution in [3.63, 3.8) is 0 Å². The van der Waals surface area contributed by atoms with Crippen LogP contribution in [0.5, 0.6) is 51.7 Å². The molecule has 0 fully saturated rings. The van der Waals surface area contributed by atoms with Crippen LogP contribution in [0.3, 0.4) is 0 Å². The molecule has 212 valence electrons. The van der Waals surface area contributed by atoms with Crippen molar-refractivity contribution < 1.29 is 55.4 Å². The number of hydrogen-bond acceptors (Lipinski definition) is 12. The number of aliphatic hydroxyl groups is 2. The minimum Gasteiger partial charge on any atom is -0.508 e. The molecule has 12 nitrogen and oxygen atoms in total. The Morgan fingerprint density at radius 1 is 0.610 bits per heavy atom. The van der Waals surface area contributed by atoms with Gasteiger partial charge >= 0.3 is 0 Å². The SMILES string of the molecule is O=c1c(O)cc([C@@H]2Oc3cc(O)cc(O)c3C[C@H]2O)cc2c([C@H]3Oc4cc(O)cc(O)c4C[C@H]3O)cc(O)c(O)c12. The molecule has 0 amide bonds. The maximum atomic E-state index is 13.2. The van der Waals surface area contributed by atoms with Crippen LogP contribution in [0.25, 0.3) is 10.8 Å². The van der Waals surface area contributed by atoms with Gasteiger partial charge < -0.3 is 55.4 Å². The Labute approximate surface area is 230 Å². The van der Waals surface area contributed by atoms with Gasteiger partial charge in [-0.15, -0.1) is 0 Å². The maximum Gasteiger partial charge on any atom is 0.231 e. The molecule has 0 unspecified atom stereocenters. The number of benzene rings is 3. The fraction of sp³-hybridized carbons (Fsp3) is 0.207. The number of aliphatic hydroxyl groups excluding tert-OH is 2. The van der Waals surface area contributed by atoms with Crippen molar-refractivity contribution >= 4 is 10.8 Å². The van der Waals surface area contributed by atoms with Gasteiger partial charge in [-0.25, -0.2) is 0 Å². The summed E-state index contributed by atoms with van der Waals surface area (Å²) in [7, 11) is 0. The van der Waals surface area contributed by atoms with Gasteiger partial charge in [-0.1, -0.05) is 0 Å². The third-order valence-corrected chi connectivity index (χ3v) is 7.43. The summed E-state index contributed by atoms with van der Waals surface area (Å²) in [5, 5.41) is 93.5. The minimum atomic E-state index is -1.34. The first-order valence-corrected chi connectivity index (χ1v) is 12.5. The van der Waals surface area contributed by atoms with Crippen molar-refractivity contribution in [3.05, 3.63) is 74.9 Å². The van der Waals surface area contributed by atoms with E-state index in [1.165, 1.54) is 18.2 Å². The van der Waals surface area contributed by atoms with E-state index >= 15 is 0 Å². The monoisotopic (exact) mass is 564 g/mol. The molecule has 0 aliphatic carbocycles. The van der Waals surface area contributed by atoms with E-state index in [0.29, 0.717) is 0 Å². The number of hydrogen-bond donors (Lipinski definition) is 9. The molecular formula is C29H24O12. The first-order chi connectivity index (χ1) is 19.4. The van der Waals surface area contributed by atoms with Crippen LogP contribution in [0.4, 0.5) is 0 Å². The molecule has 2 heterocycles. The van der Waals surface area contributed by atoms with Crippen molar-refractivity contribution in [2.75, 3.05) is 0 Å². The highest BCUT2D eigenvalue weighted by molar-refractivity contribution is 5.94. The minimum absolute atomic E-state index is 0.00576. The second kappa shape index (κ2) is 9.25. The molecule has 12 heteroatoms. The highest BCUT2D eigenvalue weighted by Crippen LogP contribution is 2.47. The predicted molar refractivity (Wildman–Crippen MR) is 141 cm³/mol. The molecule has 2 aliphatic rings. The molecule has 0 saturated heterocycles. The normalized spacial score (nSPS) is 21.4. The number of ether oxygens (including phenoxy) is 2. The zero-order valence-corrected chi connectivity index (χ0v) is 21.0. The van der Waals surface area contributed by atoms with E-state index in [-0.39, 0.29) is 75.0 Å². The average Bonchev–Trinajstić information content (AvgIpc) is 3.03. The van der Waals surface area contributed by atoms with Crippen LogP contribution >= 0.6 is 0 Å². The van der Waals surface area contributed by atoms with Gasteiger partial charge in [0.1, 0.15) is 40.6 Å². The molecule has 9 N–H and O–H groups in total. The van der Waals surface area contributed by atoms with Crippen molar-refractivity contribution in [3.8, 4) is 51.7 Å². The van der Waals surface area contributed by atoms with Crippen LogP contribution in [0.15, 0.2) is 47.3 Å². The average molecular weight is 564 g/mol. The van der Waals surface area contributed by atoms with Gasteiger partial charge in [0.25, 0.3) is 0 Å². The summed E-state index contributed by atoms with van der Waals surface area (Å²) in [5.74, 6) is -3.57. The second-order valence-electron chi connectivity index (χ2n) is 10.1. The molecule has 4 atom stereocenters. The lowest BCUT2D eigenvalue weighted by atomic mass is 9.90. The van der Waals surface area contributed by atoms with Crippen LogP contribution in [0.2, 0.25) is 0 Å². The van der Waals surface area contributed by atoms with Gasteiger partial charge in [0.05, 0.1) is 17.6 Å². The zero-order valence-electron chi connectivity index (χ0n) is 21.0. The van der Waals surface area contributed by atoms with E-state index in [9.17, 15) is 50.8 Å². The van der Waals surface area contributed by atoms with E-state index in [1.807, 2.05) is 0 Å². The van der Waals surface area contributed by atoms with Crippen LogP contribution in [-0.4, -0.2) is 58.2 Å². The first kappa shape index (κ1) is 26.2. The number of aromatic hydroxyl groups is 7. The standard InChI is InChI=1S/C29H24O12/c30-11-3-17(32)15-8-21(36)28(40-23(15)5-11)10-1-13-14(7-20(35)27(39)25(13)26(38)19(34)2-10)29-22(37)9-16-18(33)4-12(31)6-24(16)41-29/h1-7,21-22,28-33,35-37,39H,8-9H2,(H,34,38)/t21-,22-,28+,29-/m1/s1. The highest BCUT2D eigenvalue weighted by atomic mass is 16.5. The molecule has 0 radical (unpaired) electrons. The Kier molecular flexibility index (Phi) is 5.90. The van der Waals surface area contributed by atoms with Crippen LogP contribution < -0.4 is 14.9 Å². The van der Waals surface area contributed by atoms with Crippen molar-refractivity contribution in [2.45, 2.75) is 37.3 Å². The van der Waals surface area contributed by atoms with Crippen LogP contribution in [0.1, 0.15) is 34.5 Å². The van der Waals surface area contributed by atoms with E-state index in [1.54, 1.807) is 0 Å². The highest BCUT2D eigenvalue weighted by Gasteiger charge is 2.36. The topological polar surface area (TPSA) is 218 Å². The summed E-state index contributed by atoms with van der Waals surface area (Å²) >= 11 is 0. The lowest BCUT2D eigenvalue weighted by Gasteiger charge is -2.32. The van der Waals surface area contributed by atoms with E-state index < -0.39 is 52.5 Å². The Morgan fingerprint density at radius 2 is 1.15 bits per heavy atom. The summed E-state index contributed by atoms with van der Waals surface area (Å²) in [6.45, 7) is 0. The van der Waals surface area contributed by atoms with Gasteiger partial charge in [0, 0.05) is 53.8 Å². The Morgan fingerprint density at radius 3 is 1.73 bits per heavy atom. The molecule has 4 aromatic rings. The molecule has 2 aliphatic heterocycles. The molecular weight excluding hydrogens is 540 g/mol. The molecule has 0 saturated carbocycles. The van der Waals surface area contributed by atoms with Crippen molar-refractivity contribution in [1.82, 2.24) is 0 Å². The fourth-order valence-corrected chi connectivity index (χ4v) is 5.52. The quantitative estimate of drug-likeness (QED) is 0.160. The van der Waals surface area contributed by atoms with E-state index in [0.717, 1.165) is 24.3 Å². The lowest BCUT2D eigenvalue weighted by molar-refractivity contribution is 0.0193. The summed E-state index contributed by atoms with van der Waals surface area (Å²) < 4.78 is 11.8. The molecule has 4 aromatic carbocycles. The van der Waals surface area contributed by atoms with Gasteiger partial charge in [0.15, 0.2) is 23.4 Å². The number of fused-ring (bicyclic) bond motifs is 3. The van der Waals surface area contributed by atoms with E-state index in [4.69, 9.17) is 9.47 Å². The van der Waals surface area contributed by atoms with Crippen molar-refractivity contribution in [2.24, 2.45) is 0 Å². The molecule has 0 aromatic heterocycles. The lowest BCUT2D eigenvalue weighted by Crippen LogP contribution is -2.31.